The predicted molar refractivity (Wildman–Crippen MR) is 124 cm³/mol. The van der Waals surface area contributed by atoms with Gasteiger partial charge >= 0.3 is 0 Å². The number of nitrogens with zero attached hydrogens (tertiary/aromatic N) is 5. The highest BCUT2D eigenvalue weighted by molar-refractivity contribution is 7.21. The number of thiophene rings is 1. The van der Waals surface area contributed by atoms with Crippen LogP contribution in [0.2, 0.25) is 0 Å². The zero-order chi connectivity index (χ0) is 22.2. The van der Waals surface area contributed by atoms with Gasteiger partial charge < -0.3 is 14.8 Å². The molecule has 0 radical (unpaired) electrons. The van der Waals surface area contributed by atoms with E-state index in [1.165, 1.54) is 0 Å². The van der Waals surface area contributed by atoms with Crippen LogP contribution in [0, 0.1) is 13.8 Å². The lowest BCUT2D eigenvalue weighted by Crippen LogP contribution is -2.20. The number of carbonyl (C=O) groups excluding carboxylic acids is 1. The molecule has 32 heavy (non-hydrogen) atoms. The van der Waals surface area contributed by atoms with Gasteiger partial charge in [0, 0.05) is 17.1 Å². The first-order chi connectivity index (χ1) is 15.5. The third-order valence-corrected chi connectivity index (χ3v) is 6.68. The summed E-state index contributed by atoms with van der Waals surface area (Å²) in [6.07, 6.45) is 0. The minimum atomic E-state index is -0.279. The molecular formula is C21H18N6O3S2. The minimum absolute atomic E-state index is 0.125. The Kier molecular flexibility index (Phi) is 5.19. The van der Waals surface area contributed by atoms with Gasteiger partial charge in [-0.05, 0) is 53.9 Å². The Hall–Kier alpha value is -3.57. The van der Waals surface area contributed by atoms with Gasteiger partial charge in [0.2, 0.25) is 0 Å². The highest BCUT2D eigenvalue weighted by atomic mass is 32.1. The first-order valence-electron chi connectivity index (χ1n) is 9.67. The zero-order valence-electron chi connectivity index (χ0n) is 17.4. The number of tetrazole rings is 1. The van der Waals surface area contributed by atoms with Crippen molar-refractivity contribution in [1.29, 1.82) is 0 Å². The molecule has 2 aromatic carbocycles. The van der Waals surface area contributed by atoms with Crippen LogP contribution in [-0.2, 0) is 4.79 Å². The second-order valence-corrected chi connectivity index (χ2v) is 9.13. The molecule has 0 aliphatic heterocycles. The summed E-state index contributed by atoms with van der Waals surface area (Å²) in [4.78, 5) is 17.2. The molecular weight excluding hydrogens is 448 g/mol. The van der Waals surface area contributed by atoms with Crippen molar-refractivity contribution < 1.29 is 14.3 Å². The topological polar surface area (TPSA) is 104 Å². The van der Waals surface area contributed by atoms with E-state index >= 15 is 0 Å². The number of fused-ring (bicyclic) bond motifs is 3. The van der Waals surface area contributed by atoms with Crippen molar-refractivity contribution in [1.82, 2.24) is 25.2 Å². The minimum Gasteiger partial charge on any atom is -0.494 e. The Labute approximate surface area is 190 Å². The number of amides is 1. The van der Waals surface area contributed by atoms with Crippen LogP contribution < -0.4 is 14.8 Å². The molecule has 5 aromatic rings. The van der Waals surface area contributed by atoms with Crippen molar-refractivity contribution in [2.24, 2.45) is 0 Å². The average molecular weight is 467 g/mol. The van der Waals surface area contributed by atoms with Crippen molar-refractivity contribution >= 4 is 54.6 Å². The molecule has 0 bridgehead atoms. The van der Waals surface area contributed by atoms with Gasteiger partial charge in [0.1, 0.15) is 17.2 Å². The van der Waals surface area contributed by atoms with Crippen LogP contribution in [0.15, 0.2) is 35.7 Å². The van der Waals surface area contributed by atoms with E-state index in [-0.39, 0.29) is 12.5 Å². The summed E-state index contributed by atoms with van der Waals surface area (Å²) in [5.41, 5.74) is 2.19. The molecule has 0 aliphatic rings. The van der Waals surface area contributed by atoms with Gasteiger partial charge in [-0.1, -0.05) is 0 Å². The fourth-order valence-electron chi connectivity index (χ4n) is 3.43. The maximum Gasteiger partial charge on any atom is 0.262 e. The van der Waals surface area contributed by atoms with Crippen LogP contribution >= 0.6 is 22.7 Å². The van der Waals surface area contributed by atoms with Gasteiger partial charge in [0.25, 0.3) is 5.91 Å². The first-order valence-corrected chi connectivity index (χ1v) is 11.4. The van der Waals surface area contributed by atoms with E-state index in [9.17, 15) is 4.79 Å². The van der Waals surface area contributed by atoms with Crippen LogP contribution in [-0.4, -0.2) is 44.8 Å². The molecule has 9 nitrogen and oxygen atoms in total. The number of benzene rings is 2. The molecule has 0 fully saturated rings. The van der Waals surface area contributed by atoms with Gasteiger partial charge in [0.05, 0.1) is 27.0 Å². The Balaban J connectivity index is 1.35. The molecule has 3 aromatic heterocycles. The summed E-state index contributed by atoms with van der Waals surface area (Å²) in [5, 5.41) is 18.4. The van der Waals surface area contributed by atoms with Crippen LogP contribution in [0.1, 0.15) is 10.8 Å². The molecule has 0 aliphatic carbocycles. The molecule has 0 unspecified atom stereocenters. The Morgan fingerprint density at radius 3 is 2.84 bits per heavy atom. The molecule has 162 valence electrons. The first kappa shape index (κ1) is 20.3. The Bertz CT molecular complexity index is 1450. The molecule has 0 atom stereocenters. The van der Waals surface area contributed by atoms with Crippen molar-refractivity contribution in [2.45, 2.75) is 13.8 Å². The highest BCUT2D eigenvalue weighted by Crippen LogP contribution is 2.38. The monoisotopic (exact) mass is 466 g/mol. The number of thiazole rings is 1. The summed E-state index contributed by atoms with van der Waals surface area (Å²) in [6, 6.07) is 9.20. The second-order valence-electron chi connectivity index (χ2n) is 6.98. The average Bonchev–Trinajstić information content (AvgIpc) is 3.50. The summed E-state index contributed by atoms with van der Waals surface area (Å²) < 4.78 is 15.0. The zero-order valence-corrected chi connectivity index (χ0v) is 19.1. The number of ether oxygens (including phenoxy) is 2. The number of hydrogen-bond acceptors (Lipinski definition) is 9. The van der Waals surface area contributed by atoms with Gasteiger partial charge in [0.15, 0.2) is 12.4 Å². The van der Waals surface area contributed by atoms with Gasteiger partial charge in [-0.3, -0.25) is 4.79 Å². The van der Waals surface area contributed by atoms with E-state index in [2.05, 4.69) is 25.8 Å². The van der Waals surface area contributed by atoms with Crippen molar-refractivity contribution in [3.8, 4) is 17.2 Å². The number of rotatable bonds is 6. The number of aromatic nitrogens is 5. The molecule has 0 saturated heterocycles. The fraction of sp³-hybridized carbons (Fsp3) is 0.190. The van der Waals surface area contributed by atoms with E-state index in [1.807, 2.05) is 24.4 Å². The van der Waals surface area contributed by atoms with Crippen LogP contribution in [0.25, 0.3) is 26.0 Å². The number of aryl methyl sites for hydroxylation is 2. The smallest absolute Gasteiger partial charge is 0.262 e. The van der Waals surface area contributed by atoms with Crippen LogP contribution in [0.5, 0.6) is 11.5 Å². The SMILES string of the molecule is COc1ccc(NC(=O)COc2cc3sc(C)nc3c3sccc23)cc1-n1nnnc1C. The molecule has 1 amide bonds. The Morgan fingerprint density at radius 1 is 1.19 bits per heavy atom. The lowest BCUT2D eigenvalue weighted by molar-refractivity contribution is -0.118. The predicted octanol–water partition coefficient (Wildman–Crippen LogP) is 4.13. The Morgan fingerprint density at radius 2 is 2.06 bits per heavy atom. The van der Waals surface area contributed by atoms with Crippen LogP contribution in [0.3, 0.4) is 0 Å². The van der Waals surface area contributed by atoms with Crippen LogP contribution in [0.4, 0.5) is 5.69 Å². The molecule has 0 spiro atoms. The maximum atomic E-state index is 12.6. The van der Waals surface area contributed by atoms with E-state index in [0.717, 1.165) is 25.3 Å². The summed E-state index contributed by atoms with van der Waals surface area (Å²) in [7, 11) is 1.57. The van der Waals surface area contributed by atoms with Gasteiger partial charge in [-0.25, -0.2) is 4.98 Å². The van der Waals surface area contributed by atoms with E-state index in [4.69, 9.17) is 9.47 Å². The number of anilines is 1. The van der Waals surface area contributed by atoms with E-state index < -0.39 is 0 Å². The molecule has 5 rings (SSSR count). The van der Waals surface area contributed by atoms with E-state index in [0.29, 0.717) is 28.7 Å². The molecule has 1 N–H and O–H groups in total. The number of hydrogen-bond donors (Lipinski definition) is 1. The third kappa shape index (κ3) is 3.65. The summed E-state index contributed by atoms with van der Waals surface area (Å²) >= 11 is 3.23. The number of nitrogens with one attached hydrogen (secondary N) is 1. The molecule has 11 heteroatoms. The summed E-state index contributed by atoms with van der Waals surface area (Å²) in [5.74, 6) is 1.58. The van der Waals surface area contributed by atoms with Crippen molar-refractivity contribution in [3.63, 3.8) is 0 Å². The molecule has 0 saturated carbocycles. The van der Waals surface area contributed by atoms with E-state index in [1.54, 1.807) is 59.6 Å². The largest absolute Gasteiger partial charge is 0.494 e. The lowest BCUT2D eigenvalue weighted by atomic mass is 10.2. The quantitative estimate of drug-likeness (QED) is 0.401. The van der Waals surface area contributed by atoms with Crippen molar-refractivity contribution in [3.05, 3.63) is 46.5 Å². The number of carbonyl (C=O) groups is 1. The molecule has 3 heterocycles. The number of methoxy groups -OCH3 is 1. The summed E-state index contributed by atoms with van der Waals surface area (Å²) in [6.45, 7) is 3.64. The standard InChI is InChI=1S/C21H18N6O3S2/c1-11-24-25-26-27(11)15-8-13(4-5-16(15)29-3)23-19(28)10-30-17-9-18-20(22-12(2)32-18)21-14(17)6-7-31-21/h4-9H,10H2,1-3H3,(H,23,28). The van der Waals surface area contributed by atoms with Gasteiger partial charge in [-0.2, -0.15) is 4.68 Å². The lowest BCUT2D eigenvalue weighted by Gasteiger charge is -2.12. The van der Waals surface area contributed by atoms with Gasteiger partial charge in [-0.15, -0.1) is 27.8 Å². The normalized spacial score (nSPS) is 11.2. The van der Waals surface area contributed by atoms with Crippen molar-refractivity contribution in [2.75, 3.05) is 19.0 Å². The fourth-order valence-corrected chi connectivity index (χ4v) is 5.27. The second kappa shape index (κ2) is 8.17. The maximum absolute atomic E-state index is 12.6. The highest BCUT2D eigenvalue weighted by Gasteiger charge is 2.15. The third-order valence-electron chi connectivity index (χ3n) is 4.84.